The van der Waals surface area contributed by atoms with E-state index in [2.05, 4.69) is 0 Å². The number of rotatable bonds is 6. The molecule has 0 aliphatic carbocycles. The Balaban J connectivity index is 3.03. The van der Waals surface area contributed by atoms with Crippen molar-refractivity contribution in [1.29, 1.82) is 0 Å². The second-order valence-corrected chi connectivity index (χ2v) is 18.4. The van der Waals surface area contributed by atoms with Crippen molar-refractivity contribution in [3.8, 4) is 11.5 Å². The molecule has 21 heavy (non-hydrogen) atoms. The van der Waals surface area contributed by atoms with Crippen molar-refractivity contribution in [2.45, 2.75) is 45.4 Å². The summed E-state index contributed by atoms with van der Waals surface area (Å²) in [5, 5.41) is 22.6. The Morgan fingerprint density at radius 3 is 1.76 bits per heavy atom. The van der Waals surface area contributed by atoms with Crippen LogP contribution in [0.4, 0.5) is 0 Å². The highest BCUT2D eigenvalue weighted by atomic mass is 31.2. The largest absolute Gasteiger partial charge is 0.873 e. The van der Waals surface area contributed by atoms with Crippen molar-refractivity contribution in [2.75, 3.05) is 0 Å². The predicted octanol–water partition coefficient (Wildman–Crippen LogP) is 2.16. The van der Waals surface area contributed by atoms with Gasteiger partial charge in [-0.15, -0.1) is 11.5 Å². The highest BCUT2D eigenvalue weighted by Crippen LogP contribution is 2.59. The first-order valence-corrected chi connectivity index (χ1v) is 15.3. The van der Waals surface area contributed by atoms with E-state index in [1.165, 1.54) is 18.2 Å². The minimum Gasteiger partial charge on any atom is -0.873 e. The highest BCUT2D eigenvalue weighted by molar-refractivity contribution is 7.61. The van der Waals surface area contributed by atoms with Gasteiger partial charge < -0.3 is 15.1 Å². The van der Waals surface area contributed by atoms with Gasteiger partial charge in [-0.2, -0.15) is 0 Å². The van der Waals surface area contributed by atoms with Crippen LogP contribution in [0.1, 0.15) is 5.56 Å². The average molecular weight is 346 g/mol. The van der Waals surface area contributed by atoms with E-state index in [-0.39, 0.29) is 6.16 Å². The Bertz CT molecular complexity index is 480. The molecular formula is C13H23O5PSi2-2. The first-order chi connectivity index (χ1) is 9.30. The molecule has 0 fully saturated rings. The molecular weight excluding hydrogens is 323 g/mol. The van der Waals surface area contributed by atoms with E-state index in [9.17, 15) is 15.1 Å². The summed E-state index contributed by atoms with van der Waals surface area (Å²) in [6.45, 7) is 11.6. The lowest BCUT2D eigenvalue weighted by molar-refractivity contribution is -0.317. The fourth-order valence-corrected chi connectivity index (χ4v) is 10.1. The van der Waals surface area contributed by atoms with Crippen molar-refractivity contribution >= 4 is 24.6 Å². The summed E-state index contributed by atoms with van der Waals surface area (Å²) in [4.78, 5) is 13.1. The third-order valence-electron chi connectivity index (χ3n) is 2.21. The molecule has 0 unspecified atom stereocenters. The van der Waals surface area contributed by atoms with Crippen LogP contribution in [0.5, 0.6) is 11.5 Å². The van der Waals surface area contributed by atoms with Crippen LogP contribution in [0, 0.1) is 0 Å². The van der Waals surface area contributed by atoms with Crippen LogP contribution in [0.3, 0.4) is 0 Å². The number of benzene rings is 1. The first kappa shape index (κ1) is 18.6. The molecule has 1 aromatic carbocycles. The lowest BCUT2D eigenvalue weighted by Gasteiger charge is -2.37. The lowest BCUT2D eigenvalue weighted by Crippen LogP contribution is -2.37. The highest BCUT2D eigenvalue weighted by Gasteiger charge is 2.41. The van der Waals surface area contributed by atoms with E-state index in [1.54, 1.807) is 0 Å². The second-order valence-electron chi connectivity index (χ2n) is 6.96. The molecule has 0 saturated heterocycles. The van der Waals surface area contributed by atoms with Gasteiger partial charge in [-0.25, -0.2) is 0 Å². The van der Waals surface area contributed by atoms with Crippen LogP contribution in [0.15, 0.2) is 18.2 Å². The molecule has 0 heterocycles. The molecule has 1 rings (SSSR count). The van der Waals surface area contributed by atoms with Gasteiger partial charge in [0.15, 0.2) is 0 Å². The molecule has 0 atom stereocenters. The van der Waals surface area contributed by atoms with Gasteiger partial charge in [-0.1, -0.05) is 18.2 Å². The SMILES string of the molecule is C[Si](C)(C)O[P+]([O-])(Cc1ccc([O-])c([O-])c1)O[Si](C)(C)C. The van der Waals surface area contributed by atoms with Crippen LogP contribution < -0.4 is 15.1 Å². The predicted molar refractivity (Wildman–Crippen MR) is 84.8 cm³/mol. The summed E-state index contributed by atoms with van der Waals surface area (Å²) in [6.07, 6.45) is 0.0249. The number of hydrogen-bond donors (Lipinski definition) is 0. The molecule has 0 radical (unpaired) electrons. The van der Waals surface area contributed by atoms with Gasteiger partial charge >= 0.3 is 0 Å². The summed E-state index contributed by atoms with van der Waals surface area (Å²) >= 11 is 0. The van der Waals surface area contributed by atoms with E-state index in [4.69, 9.17) is 8.43 Å². The van der Waals surface area contributed by atoms with E-state index < -0.39 is 36.1 Å². The summed E-state index contributed by atoms with van der Waals surface area (Å²) in [6, 6.07) is 3.93. The molecule has 0 saturated carbocycles. The van der Waals surface area contributed by atoms with Crippen molar-refractivity contribution < 1.29 is 23.5 Å². The summed E-state index contributed by atoms with van der Waals surface area (Å²) < 4.78 is 11.6. The molecule has 5 nitrogen and oxygen atoms in total. The monoisotopic (exact) mass is 346 g/mol. The molecule has 0 spiro atoms. The Morgan fingerprint density at radius 1 is 0.905 bits per heavy atom. The number of hydrogen-bond acceptors (Lipinski definition) is 5. The van der Waals surface area contributed by atoms with Crippen molar-refractivity contribution in [1.82, 2.24) is 0 Å². The Kier molecular flexibility index (Phi) is 5.64. The van der Waals surface area contributed by atoms with Gasteiger partial charge in [0.25, 0.3) is 0 Å². The van der Waals surface area contributed by atoms with Crippen molar-refractivity contribution in [2.24, 2.45) is 0 Å². The Morgan fingerprint density at radius 2 is 1.38 bits per heavy atom. The minimum atomic E-state index is -3.34. The normalized spacial score (nSPS) is 13.5. The maximum absolute atomic E-state index is 13.1. The molecule has 0 aromatic heterocycles. The summed E-state index contributed by atoms with van der Waals surface area (Å²) in [7, 11) is -7.49. The van der Waals surface area contributed by atoms with Crippen molar-refractivity contribution in [3.05, 3.63) is 23.8 Å². The molecule has 1 aromatic rings. The lowest BCUT2D eigenvalue weighted by atomic mass is 10.2. The fraction of sp³-hybridized carbons (Fsp3) is 0.538. The topological polar surface area (TPSA) is 87.6 Å². The third kappa shape index (κ3) is 6.91. The van der Waals surface area contributed by atoms with Crippen LogP contribution in [-0.4, -0.2) is 16.6 Å². The van der Waals surface area contributed by atoms with E-state index in [1.807, 2.05) is 39.3 Å². The first-order valence-electron chi connectivity index (χ1n) is 6.77. The van der Waals surface area contributed by atoms with Crippen molar-refractivity contribution in [3.63, 3.8) is 0 Å². The zero-order chi connectivity index (χ0) is 16.5. The standard InChI is InChI=1S/C13H25O5PSi2/c1-20(2,3)17-19(16,18-21(4,5)6)10-11-7-8-12(14)13(15)9-11/h7-9,14-15H,10H2,1-6H3/p-2. The third-order valence-corrected chi connectivity index (χ3v) is 9.57. The summed E-state index contributed by atoms with van der Waals surface area (Å²) in [5.74, 6) is -1.16. The van der Waals surface area contributed by atoms with Gasteiger partial charge in [-0.05, 0) is 44.8 Å². The fourth-order valence-electron chi connectivity index (χ4n) is 1.79. The van der Waals surface area contributed by atoms with Gasteiger partial charge in [0, 0.05) is 0 Å². The van der Waals surface area contributed by atoms with E-state index >= 15 is 0 Å². The van der Waals surface area contributed by atoms with E-state index in [0.29, 0.717) is 5.56 Å². The maximum atomic E-state index is 13.1. The minimum absolute atomic E-state index is 0.0249. The molecule has 8 heteroatoms. The molecule has 0 aliphatic heterocycles. The Hall–Kier alpha value is -0.436. The van der Waals surface area contributed by atoms with Crippen LogP contribution in [0.2, 0.25) is 39.3 Å². The van der Waals surface area contributed by atoms with Gasteiger partial charge in [0.05, 0.1) is 0 Å². The maximum Gasteiger partial charge on any atom is 0.246 e. The molecule has 0 aliphatic rings. The van der Waals surface area contributed by atoms with Gasteiger partial charge in [-0.3, -0.25) is 8.43 Å². The van der Waals surface area contributed by atoms with Crippen LogP contribution in [0.25, 0.3) is 0 Å². The molecule has 0 amide bonds. The molecule has 120 valence electrons. The molecule has 0 N–H and O–H groups in total. The Labute approximate surface area is 129 Å². The summed E-state index contributed by atoms with van der Waals surface area (Å²) in [5.41, 5.74) is 0.513. The molecule has 0 bridgehead atoms. The van der Waals surface area contributed by atoms with E-state index in [0.717, 1.165) is 0 Å². The average Bonchev–Trinajstić information content (AvgIpc) is 2.17. The second kappa shape index (κ2) is 6.36. The quantitative estimate of drug-likeness (QED) is 0.582. The smallest absolute Gasteiger partial charge is 0.246 e. The zero-order valence-corrected chi connectivity index (χ0v) is 16.3. The van der Waals surface area contributed by atoms with Gasteiger partial charge in [0.2, 0.25) is 24.6 Å². The van der Waals surface area contributed by atoms with Gasteiger partial charge in [0.1, 0.15) is 6.16 Å². The zero-order valence-electron chi connectivity index (χ0n) is 13.4. The van der Waals surface area contributed by atoms with Crippen LogP contribution >= 0.6 is 7.94 Å². The van der Waals surface area contributed by atoms with Crippen LogP contribution in [-0.2, 0) is 14.6 Å².